The van der Waals surface area contributed by atoms with E-state index in [9.17, 15) is 4.79 Å². The van der Waals surface area contributed by atoms with E-state index in [4.69, 9.17) is 10.5 Å². The summed E-state index contributed by atoms with van der Waals surface area (Å²) in [6.07, 6.45) is 3.12. The maximum absolute atomic E-state index is 11.7. The molecule has 26 heavy (non-hydrogen) atoms. The molecule has 0 spiro atoms. The second kappa shape index (κ2) is 7.03. The Balaban J connectivity index is 1.76. The normalized spacial score (nSPS) is 11.5. The van der Waals surface area contributed by atoms with Crippen molar-refractivity contribution < 1.29 is 9.53 Å². The molecule has 136 valence electrons. The second-order valence-corrected chi connectivity index (χ2v) is 7.01. The third kappa shape index (κ3) is 4.11. The van der Waals surface area contributed by atoms with Crippen LogP contribution < -0.4 is 16.4 Å². The number of nitrogens with two attached hydrogens (primary N) is 1. The second-order valence-electron chi connectivity index (χ2n) is 7.01. The van der Waals surface area contributed by atoms with Crippen molar-refractivity contribution in [3.8, 4) is 0 Å². The van der Waals surface area contributed by atoms with E-state index >= 15 is 0 Å². The van der Waals surface area contributed by atoms with Crippen LogP contribution in [0.1, 0.15) is 20.8 Å². The van der Waals surface area contributed by atoms with Crippen LogP contribution in [-0.4, -0.2) is 34.8 Å². The fourth-order valence-electron chi connectivity index (χ4n) is 2.66. The molecule has 2 aromatic heterocycles. The molecular weight excluding hydrogens is 330 g/mol. The van der Waals surface area contributed by atoms with Gasteiger partial charge in [-0.15, -0.1) is 0 Å². The zero-order valence-corrected chi connectivity index (χ0v) is 15.2. The Morgan fingerprint density at radius 1 is 1.15 bits per heavy atom. The molecule has 3 aromatic rings. The third-order valence-electron chi connectivity index (χ3n) is 3.71. The maximum atomic E-state index is 11.7. The lowest BCUT2D eigenvalue weighted by Crippen LogP contribution is -2.35. The van der Waals surface area contributed by atoms with Gasteiger partial charge in [-0.3, -0.25) is 4.98 Å². The molecule has 0 saturated carbocycles. The van der Waals surface area contributed by atoms with Gasteiger partial charge in [0.2, 0.25) is 0 Å². The van der Waals surface area contributed by atoms with Crippen LogP contribution >= 0.6 is 0 Å². The van der Waals surface area contributed by atoms with E-state index in [1.807, 2.05) is 51.2 Å². The number of fused-ring (bicyclic) bond motifs is 3. The number of alkyl carbamates (subject to hydrolysis) is 1. The zero-order chi connectivity index (χ0) is 18.7. The highest BCUT2D eigenvalue weighted by Gasteiger charge is 2.15. The summed E-state index contributed by atoms with van der Waals surface area (Å²) < 4.78 is 5.22. The Morgan fingerprint density at radius 3 is 2.73 bits per heavy atom. The number of amides is 1. The number of ether oxygens (including phenoxy) is 1. The number of anilines is 2. The first-order chi connectivity index (χ1) is 12.3. The average Bonchev–Trinajstić information content (AvgIpc) is 2.56. The number of pyridine rings is 2. The number of rotatable bonds is 4. The zero-order valence-electron chi connectivity index (χ0n) is 15.2. The quantitative estimate of drug-likeness (QED) is 0.378. The van der Waals surface area contributed by atoms with Gasteiger partial charge in [0.05, 0.1) is 5.52 Å². The number of benzene rings is 1. The number of carbonyl (C=O) groups is 1. The molecule has 7 nitrogen and oxygen atoms in total. The fraction of sp³-hybridized carbons (Fsp3) is 0.316. The molecule has 0 aliphatic carbocycles. The minimum absolute atomic E-state index is 0.415. The summed E-state index contributed by atoms with van der Waals surface area (Å²) >= 11 is 0. The molecule has 0 atom stereocenters. The predicted molar refractivity (Wildman–Crippen MR) is 104 cm³/mol. The largest absolute Gasteiger partial charge is 0.444 e. The fourth-order valence-corrected chi connectivity index (χ4v) is 2.66. The topological polar surface area (TPSA) is 102 Å². The first kappa shape index (κ1) is 17.7. The highest BCUT2D eigenvalue weighted by atomic mass is 16.6. The van der Waals surface area contributed by atoms with Gasteiger partial charge in [-0.2, -0.15) is 0 Å². The summed E-state index contributed by atoms with van der Waals surface area (Å²) in [6.45, 7) is 6.41. The first-order valence-corrected chi connectivity index (χ1v) is 8.47. The molecule has 7 heteroatoms. The smallest absolute Gasteiger partial charge is 0.407 e. The molecule has 1 amide bonds. The van der Waals surface area contributed by atoms with Crippen molar-refractivity contribution in [2.24, 2.45) is 0 Å². The molecule has 0 saturated heterocycles. The summed E-state index contributed by atoms with van der Waals surface area (Å²) in [4.78, 5) is 20.6. The summed E-state index contributed by atoms with van der Waals surface area (Å²) in [6, 6.07) is 7.57. The molecule has 3 rings (SSSR count). The standard InChI is InChI=1S/C19H23N5O2/c1-19(2,3)26-18(25)23-9-8-22-17-14-6-7-21-11-15(14)13-5-4-12(20)10-16(13)24-17/h4-7,10-11H,8-9,20H2,1-3H3,(H,22,24)(H,23,25). The number of hydrogen-bond acceptors (Lipinski definition) is 6. The highest BCUT2D eigenvalue weighted by Crippen LogP contribution is 2.29. The van der Waals surface area contributed by atoms with E-state index in [-0.39, 0.29) is 0 Å². The SMILES string of the molecule is CC(C)(C)OC(=O)NCCNc1nc2cc(N)ccc2c2cnccc12. The van der Waals surface area contributed by atoms with E-state index in [1.165, 1.54) is 0 Å². The van der Waals surface area contributed by atoms with Crippen LogP contribution in [0.4, 0.5) is 16.3 Å². The van der Waals surface area contributed by atoms with Crippen molar-refractivity contribution in [3.63, 3.8) is 0 Å². The molecule has 0 fully saturated rings. The van der Waals surface area contributed by atoms with Crippen LogP contribution in [0.25, 0.3) is 21.7 Å². The first-order valence-electron chi connectivity index (χ1n) is 8.47. The molecule has 4 N–H and O–H groups in total. The number of aromatic nitrogens is 2. The summed E-state index contributed by atoms with van der Waals surface area (Å²) in [5.74, 6) is 0.728. The number of nitrogen functional groups attached to an aromatic ring is 1. The van der Waals surface area contributed by atoms with Crippen molar-refractivity contribution in [2.75, 3.05) is 24.1 Å². The van der Waals surface area contributed by atoms with Gasteiger partial charge in [-0.05, 0) is 39.0 Å². The van der Waals surface area contributed by atoms with Crippen molar-refractivity contribution in [1.29, 1.82) is 0 Å². The van der Waals surface area contributed by atoms with Gasteiger partial charge in [0.1, 0.15) is 11.4 Å². The predicted octanol–water partition coefficient (Wildman–Crippen LogP) is 3.30. The Morgan fingerprint density at radius 2 is 1.96 bits per heavy atom. The van der Waals surface area contributed by atoms with Crippen LogP contribution in [0.15, 0.2) is 36.7 Å². The van der Waals surface area contributed by atoms with Crippen LogP contribution in [0.2, 0.25) is 0 Å². The Kier molecular flexibility index (Phi) is 4.79. The summed E-state index contributed by atoms with van der Waals surface area (Å²) in [7, 11) is 0. The van der Waals surface area contributed by atoms with Crippen molar-refractivity contribution in [2.45, 2.75) is 26.4 Å². The van der Waals surface area contributed by atoms with Crippen molar-refractivity contribution >= 4 is 39.3 Å². The highest BCUT2D eigenvalue weighted by molar-refractivity contribution is 6.10. The van der Waals surface area contributed by atoms with E-state index in [1.54, 1.807) is 6.20 Å². The monoisotopic (exact) mass is 353 g/mol. The summed E-state index contributed by atoms with van der Waals surface area (Å²) in [5, 5.41) is 8.95. The molecular formula is C19H23N5O2. The van der Waals surface area contributed by atoms with Crippen molar-refractivity contribution in [3.05, 3.63) is 36.7 Å². The van der Waals surface area contributed by atoms with Gasteiger partial charge in [0, 0.05) is 47.3 Å². The van der Waals surface area contributed by atoms with Crippen LogP contribution in [0.5, 0.6) is 0 Å². The number of carbonyl (C=O) groups excluding carboxylic acids is 1. The van der Waals surface area contributed by atoms with Gasteiger partial charge < -0.3 is 21.1 Å². The number of nitrogens with zero attached hydrogens (tertiary/aromatic N) is 2. The third-order valence-corrected chi connectivity index (χ3v) is 3.71. The van der Waals surface area contributed by atoms with Crippen LogP contribution in [-0.2, 0) is 4.74 Å². The molecule has 2 heterocycles. The van der Waals surface area contributed by atoms with E-state index in [2.05, 4.69) is 20.6 Å². The van der Waals surface area contributed by atoms with Gasteiger partial charge in [-0.25, -0.2) is 9.78 Å². The average molecular weight is 353 g/mol. The van der Waals surface area contributed by atoms with Crippen LogP contribution in [0, 0.1) is 0 Å². The molecule has 0 bridgehead atoms. The lowest BCUT2D eigenvalue weighted by molar-refractivity contribution is 0.0530. The Hall–Kier alpha value is -3.09. The lowest BCUT2D eigenvalue weighted by atomic mass is 10.1. The molecule has 0 unspecified atom stereocenters. The minimum atomic E-state index is -0.513. The van der Waals surface area contributed by atoms with Crippen LogP contribution in [0.3, 0.4) is 0 Å². The van der Waals surface area contributed by atoms with Gasteiger partial charge in [0.15, 0.2) is 0 Å². The van der Waals surface area contributed by atoms with E-state index in [0.717, 1.165) is 27.5 Å². The van der Waals surface area contributed by atoms with Crippen molar-refractivity contribution in [1.82, 2.24) is 15.3 Å². The van der Waals surface area contributed by atoms with E-state index in [0.29, 0.717) is 18.8 Å². The molecule has 0 aliphatic rings. The van der Waals surface area contributed by atoms with Gasteiger partial charge in [0.25, 0.3) is 0 Å². The maximum Gasteiger partial charge on any atom is 0.407 e. The Labute approximate surface area is 152 Å². The molecule has 1 aromatic carbocycles. The lowest BCUT2D eigenvalue weighted by Gasteiger charge is -2.19. The number of hydrogen-bond donors (Lipinski definition) is 3. The molecule has 0 aliphatic heterocycles. The Bertz CT molecular complexity index is 950. The van der Waals surface area contributed by atoms with E-state index < -0.39 is 11.7 Å². The minimum Gasteiger partial charge on any atom is -0.444 e. The van der Waals surface area contributed by atoms with Gasteiger partial charge in [-0.1, -0.05) is 6.07 Å². The van der Waals surface area contributed by atoms with Gasteiger partial charge >= 0.3 is 6.09 Å². The summed E-state index contributed by atoms with van der Waals surface area (Å²) in [5.41, 5.74) is 6.83. The number of nitrogens with one attached hydrogen (secondary N) is 2. The molecule has 0 radical (unpaired) electrons.